The second-order valence-corrected chi connectivity index (χ2v) is 5.33. The molecule has 2 rings (SSSR count). The van der Waals surface area contributed by atoms with Crippen molar-refractivity contribution in [3.05, 3.63) is 29.8 Å². The summed E-state index contributed by atoms with van der Waals surface area (Å²) in [6.07, 6.45) is 0. The van der Waals surface area contributed by atoms with Crippen LogP contribution in [-0.2, 0) is 16.1 Å². The van der Waals surface area contributed by atoms with Crippen molar-refractivity contribution in [3.8, 4) is 0 Å². The van der Waals surface area contributed by atoms with E-state index in [-0.39, 0.29) is 5.91 Å². The number of ether oxygens (including phenoxy) is 1. The first-order valence-electron chi connectivity index (χ1n) is 7.50. The van der Waals surface area contributed by atoms with Gasteiger partial charge in [0.15, 0.2) is 0 Å². The van der Waals surface area contributed by atoms with Crippen molar-refractivity contribution in [2.24, 2.45) is 0 Å². The van der Waals surface area contributed by atoms with Crippen LogP contribution in [0.25, 0.3) is 0 Å². The van der Waals surface area contributed by atoms with Crippen LogP contribution < -0.4 is 10.2 Å². The Balaban J connectivity index is 1.81. The number of amides is 1. The lowest BCUT2D eigenvalue weighted by Crippen LogP contribution is -2.48. The summed E-state index contributed by atoms with van der Waals surface area (Å²) >= 11 is 0. The number of carbonyl (C=O) groups is 1. The van der Waals surface area contributed by atoms with Crippen molar-refractivity contribution in [1.82, 2.24) is 10.2 Å². The number of nitrogens with one attached hydrogen (secondary N) is 1. The van der Waals surface area contributed by atoms with Gasteiger partial charge in [-0.3, -0.25) is 4.79 Å². The summed E-state index contributed by atoms with van der Waals surface area (Å²) in [5, 5.41) is 3.34. The maximum atomic E-state index is 11.3. The van der Waals surface area contributed by atoms with Crippen molar-refractivity contribution in [1.29, 1.82) is 0 Å². The molecule has 0 bridgehead atoms. The molecule has 0 aromatic heterocycles. The van der Waals surface area contributed by atoms with Crippen molar-refractivity contribution >= 4 is 11.6 Å². The summed E-state index contributed by atoms with van der Waals surface area (Å²) in [4.78, 5) is 15.6. The molecule has 1 heterocycles. The molecule has 1 aliphatic rings. The summed E-state index contributed by atoms with van der Waals surface area (Å²) in [5.74, 6) is 0.173. The van der Waals surface area contributed by atoms with E-state index in [1.165, 1.54) is 11.3 Å². The quantitative estimate of drug-likeness (QED) is 0.797. The van der Waals surface area contributed by atoms with Gasteiger partial charge >= 0.3 is 0 Å². The van der Waals surface area contributed by atoms with Crippen LogP contribution in [0.15, 0.2) is 24.3 Å². The van der Waals surface area contributed by atoms with Crippen molar-refractivity contribution in [3.63, 3.8) is 0 Å². The Morgan fingerprint density at radius 2 is 1.86 bits per heavy atom. The molecule has 1 fully saturated rings. The number of nitrogens with zero attached hydrogens (tertiary/aromatic N) is 2. The largest absolute Gasteiger partial charge is 0.383 e. The molecule has 21 heavy (non-hydrogen) atoms. The molecule has 0 saturated carbocycles. The Morgan fingerprint density at radius 3 is 2.43 bits per heavy atom. The van der Waals surface area contributed by atoms with Gasteiger partial charge in [-0.05, 0) is 17.7 Å². The summed E-state index contributed by atoms with van der Waals surface area (Å²) < 4.78 is 5.01. The van der Waals surface area contributed by atoms with E-state index in [2.05, 4.69) is 34.5 Å². The summed E-state index contributed by atoms with van der Waals surface area (Å²) in [5.41, 5.74) is 2.51. The number of methoxy groups -OCH3 is 1. The van der Waals surface area contributed by atoms with E-state index >= 15 is 0 Å². The number of benzene rings is 1. The maximum Gasteiger partial charge on any atom is 0.219 e. The molecular formula is C16H25N3O2. The zero-order valence-corrected chi connectivity index (χ0v) is 13.0. The minimum Gasteiger partial charge on any atom is -0.383 e. The predicted octanol–water partition coefficient (Wildman–Crippen LogP) is 1.09. The lowest BCUT2D eigenvalue weighted by atomic mass is 10.1. The SMILES string of the molecule is COCCNCc1ccc(N2CCN(C(C)=O)CC2)cc1. The molecule has 1 saturated heterocycles. The van der Waals surface area contributed by atoms with E-state index in [1.54, 1.807) is 14.0 Å². The van der Waals surface area contributed by atoms with Gasteiger partial charge in [0.25, 0.3) is 0 Å². The van der Waals surface area contributed by atoms with E-state index in [1.807, 2.05) is 4.90 Å². The van der Waals surface area contributed by atoms with Crippen molar-refractivity contribution in [2.45, 2.75) is 13.5 Å². The van der Waals surface area contributed by atoms with E-state index in [9.17, 15) is 4.79 Å². The number of piperazine rings is 1. The third kappa shape index (κ3) is 4.72. The van der Waals surface area contributed by atoms with E-state index in [0.29, 0.717) is 0 Å². The van der Waals surface area contributed by atoms with E-state index in [4.69, 9.17) is 4.74 Å². The van der Waals surface area contributed by atoms with Gasteiger partial charge in [0.2, 0.25) is 5.91 Å². The second-order valence-electron chi connectivity index (χ2n) is 5.33. The van der Waals surface area contributed by atoms with E-state index in [0.717, 1.165) is 45.9 Å². The maximum absolute atomic E-state index is 11.3. The van der Waals surface area contributed by atoms with E-state index < -0.39 is 0 Å². The van der Waals surface area contributed by atoms with Crippen LogP contribution in [0.4, 0.5) is 5.69 Å². The highest BCUT2D eigenvalue weighted by molar-refractivity contribution is 5.73. The minimum absolute atomic E-state index is 0.173. The molecular weight excluding hydrogens is 266 g/mol. The molecule has 1 amide bonds. The van der Waals surface area contributed by atoms with Gasteiger partial charge in [-0.15, -0.1) is 0 Å². The fourth-order valence-corrected chi connectivity index (χ4v) is 2.51. The summed E-state index contributed by atoms with van der Waals surface area (Å²) in [6.45, 7) is 7.55. The third-order valence-electron chi connectivity index (χ3n) is 3.84. The molecule has 1 N–H and O–H groups in total. The van der Waals surface area contributed by atoms with Crippen LogP contribution in [0.5, 0.6) is 0 Å². The number of rotatable bonds is 6. The lowest BCUT2D eigenvalue weighted by molar-refractivity contribution is -0.129. The van der Waals surface area contributed by atoms with Crippen LogP contribution in [0, 0.1) is 0 Å². The third-order valence-corrected chi connectivity index (χ3v) is 3.84. The highest BCUT2D eigenvalue weighted by Gasteiger charge is 2.18. The van der Waals surface area contributed by atoms with Crippen molar-refractivity contribution < 1.29 is 9.53 Å². The van der Waals surface area contributed by atoms with Crippen LogP contribution >= 0.6 is 0 Å². The number of anilines is 1. The standard InChI is InChI=1S/C16H25N3O2/c1-14(20)18-8-10-19(11-9-18)16-5-3-15(4-6-16)13-17-7-12-21-2/h3-6,17H,7-13H2,1-2H3. The molecule has 116 valence electrons. The number of carbonyl (C=O) groups excluding carboxylic acids is 1. The van der Waals surface area contributed by atoms with Gasteiger partial charge in [0.1, 0.15) is 0 Å². The Labute approximate surface area is 126 Å². The van der Waals surface area contributed by atoms with Gasteiger partial charge in [-0.1, -0.05) is 12.1 Å². The monoisotopic (exact) mass is 291 g/mol. The first-order valence-corrected chi connectivity index (χ1v) is 7.50. The molecule has 1 aromatic rings. The predicted molar refractivity (Wildman–Crippen MR) is 84.5 cm³/mol. The minimum atomic E-state index is 0.173. The van der Waals surface area contributed by atoms with Gasteiger partial charge in [0.05, 0.1) is 6.61 Å². The molecule has 5 nitrogen and oxygen atoms in total. The Kier molecular flexibility index (Phi) is 6.02. The fraction of sp³-hybridized carbons (Fsp3) is 0.562. The Hall–Kier alpha value is -1.59. The first kappa shape index (κ1) is 15.8. The lowest BCUT2D eigenvalue weighted by Gasteiger charge is -2.35. The highest BCUT2D eigenvalue weighted by atomic mass is 16.5. The van der Waals surface area contributed by atoms with Gasteiger partial charge in [0, 0.05) is 59.0 Å². The molecule has 1 aliphatic heterocycles. The molecule has 0 radical (unpaired) electrons. The van der Waals surface area contributed by atoms with Gasteiger partial charge in [-0.25, -0.2) is 0 Å². The van der Waals surface area contributed by atoms with Crippen LogP contribution in [0.1, 0.15) is 12.5 Å². The Morgan fingerprint density at radius 1 is 1.19 bits per heavy atom. The number of hydrogen-bond donors (Lipinski definition) is 1. The zero-order chi connectivity index (χ0) is 15.1. The second kappa shape index (κ2) is 8.00. The molecule has 0 unspecified atom stereocenters. The van der Waals surface area contributed by atoms with Gasteiger partial charge < -0.3 is 19.9 Å². The first-order chi connectivity index (χ1) is 10.2. The molecule has 1 aromatic carbocycles. The topological polar surface area (TPSA) is 44.8 Å². The average Bonchev–Trinajstić information content (AvgIpc) is 2.52. The normalized spacial score (nSPS) is 15.3. The highest BCUT2D eigenvalue weighted by Crippen LogP contribution is 2.17. The molecule has 0 atom stereocenters. The molecule has 0 aliphatic carbocycles. The van der Waals surface area contributed by atoms with Crippen LogP contribution in [-0.4, -0.2) is 57.2 Å². The molecule has 0 spiro atoms. The van der Waals surface area contributed by atoms with Gasteiger partial charge in [-0.2, -0.15) is 0 Å². The summed E-state index contributed by atoms with van der Waals surface area (Å²) in [6, 6.07) is 8.65. The zero-order valence-electron chi connectivity index (χ0n) is 13.0. The smallest absolute Gasteiger partial charge is 0.219 e. The fourth-order valence-electron chi connectivity index (χ4n) is 2.51. The molecule has 5 heteroatoms. The van der Waals surface area contributed by atoms with Crippen LogP contribution in [0.2, 0.25) is 0 Å². The number of hydrogen-bond acceptors (Lipinski definition) is 4. The van der Waals surface area contributed by atoms with Crippen LogP contribution in [0.3, 0.4) is 0 Å². The Bertz CT molecular complexity index is 439. The summed E-state index contributed by atoms with van der Waals surface area (Å²) in [7, 11) is 1.71. The van der Waals surface area contributed by atoms with Crippen molar-refractivity contribution in [2.75, 3.05) is 51.3 Å². The average molecular weight is 291 g/mol.